The van der Waals surface area contributed by atoms with Gasteiger partial charge in [0.2, 0.25) is 5.91 Å². The third-order valence-corrected chi connectivity index (χ3v) is 5.70. The third-order valence-electron chi connectivity index (χ3n) is 5.70. The number of nitrogens with zero attached hydrogens (tertiary/aromatic N) is 1. The Morgan fingerprint density at radius 1 is 1.32 bits per heavy atom. The highest BCUT2D eigenvalue weighted by molar-refractivity contribution is 5.80. The Kier molecular flexibility index (Phi) is 3.27. The zero-order chi connectivity index (χ0) is 13.6. The van der Waals surface area contributed by atoms with E-state index in [1.165, 1.54) is 25.7 Å². The monoisotopic (exact) mass is 265 g/mol. The minimum atomic E-state index is -0.752. The van der Waals surface area contributed by atoms with Crippen LogP contribution < -0.4 is 0 Å². The van der Waals surface area contributed by atoms with Gasteiger partial charge in [0, 0.05) is 19.0 Å². The number of aliphatic carboxylic acids is 1. The van der Waals surface area contributed by atoms with Crippen LogP contribution in [0.3, 0.4) is 0 Å². The minimum absolute atomic E-state index is 0.160. The summed E-state index contributed by atoms with van der Waals surface area (Å²) in [5.74, 6) is 1.30. The second-order valence-corrected chi connectivity index (χ2v) is 6.70. The predicted molar refractivity (Wildman–Crippen MR) is 70.5 cm³/mol. The summed E-state index contributed by atoms with van der Waals surface area (Å²) in [4.78, 5) is 25.1. The lowest BCUT2D eigenvalue weighted by molar-refractivity contribution is -0.149. The zero-order valence-electron chi connectivity index (χ0n) is 11.5. The maximum atomic E-state index is 12.1. The third kappa shape index (κ3) is 2.26. The summed E-state index contributed by atoms with van der Waals surface area (Å²) in [7, 11) is 0. The molecule has 0 spiro atoms. The van der Waals surface area contributed by atoms with Crippen molar-refractivity contribution in [2.75, 3.05) is 6.54 Å². The first-order valence-corrected chi connectivity index (χ1v) is 7.58. The molecule has 2 saturated carbocycles. The number of rotatable bonds is 3. The molecule has 1 N–H and O–H groups in total. The van der Waals surface area contributed by atoms with Crippen molar-refractivity contribution in [2.24, 2.45) is 23.7 Å². The highest BCUT2D eigenvalue weighted by Crippen LogP contribution is 2.50. The van der Waals surface area contributed by atoms with Crippen LogP contribution in [0.2, 0.25) is 0 Å². The molecule has 4 heteroatoms. The fourth-order valence-corrected chi connectivity index (χ4v) is 4.58. The average Bonchev–Trinajstić information content (AvgIpc) is 3.00. The molecular weight excluding hydrogens is 242 g/mol. The predicted octanol–water partition coefficient (Wildman–Crippen LogP) is 2.13. The molecule has 5 atom stereocenters. The number of hydrogen-bond acceptors (Lipinski definition) is 2. The first-order chi connectivity index (χ1) is 9.06. The molecular formula is C15H23NO3. The van der Waals surface area contributed by atoms with E-state index in [-0.39, 0.29) is 17.9 Å². The van der Waals surface area contributed by atoms with Crippen LogP contribution in [0.15, 0.2) is 0 Å². The molecule has 0 aromatic carbocycles. The number of amides is 1. The smallest absolute Gasteiger partial charge is 0.308 e. The van der Waals surface area contributed by atoms with Gasteiger partial charge in [0.25, 0.3) is 0 Å². The van der Waals surface area contributed by atoms with Crippen molar-refractivity contribution in [3.05, 3.63) is 0 Å². The van der Waals surface area contributed by atoms with Crippen molar-refractivity contribution in [1.29, 1.82) is 0 Å². The van der Waals surface area contributed by atoms with Gasteiger partial charge in [-0.25, -0.2) is 0 Å². The van der Waals surface area contributed by atoms with Gasteiger partial charge >= 0.3 is 5.97 Å². The summed E-state index contributed by atoms with van der Waals surface area (Å²) >= 11 is 0. The molecule has 2 aliphatic carbocycles. The number of carboxylic acids is 1. The van der Waals surface area contributed by atoms with Crippen molar-refractivity contribution >= 4 is 11.9 Å². The van der Waals surface area contributed by atoms with Crippen molar-refractivity contribution in [3.8, 4) is 0 Å². The highest BCUT2D eigenvalue weighted by Gasteiger charge is 2.45. The molecule has 3 rings (SSSR count). The molecule has 2 bridgehead atoms. The number of fused-ring (bicyclic) bond motifs is 2. The zero-order valence-corrected chi connectivity index (χ0v) is 11.5. The molecule has 3 fully saturated rings. The largest absolute Gasteiger partial charge is 0.481 e. The van der Waals surface area contributed by atoms with Crippen molar-refractivity contribution < 1.29 is 14.7 Å². The highest BCUT2D eigenvalue weighted by atomic mass is 16.4. The Morgan fingerprint density at radius 3 is 2.68 bits per heavy atom. The first-order valence-electron chi connectivity index (χ1n) is 7.58. The Bertz CT molecular complexity index is 395. The Morgan fingerprint density at radius 2 is 2.11 bits per heavy atom. The fraction of sp³-hybridized carbons (Fsp3) is 0.867. The number of carbonyl (C=O) groups is 2. The van der Waals surface area contributed by atoms with Crippen molar-refractivity contribution in [1.82, 2.24) is 4.90 Å². The van der Waals surface area contributed by atoms with Gasteiger partial charge in [0.05, 0.1) is 5.92 Å². The van der Waals surface area contributed by atoms with Crippen molar-refractivity contribution in [2.45, 2.75) is 51.5 Å². The SMILES string of the molecule is CC(C1CC2CCC1C2)N1CC(C(=O)O)CCC1=O. The molecule has 1 aliphatic heterocycles. The summed E-state index contributed by atoms with van der Waals surface area (Å²) in [5, 5.41) is 9.16. The van der Waals surface area contributed by atoms with E-state index in [0.717, 1.165) is 11.8 Å². The topological polar surface area (TPSA) is 57.6 Å². The first kappa shape index (κ1) is 12.9. The van der Waals surface area contributed by atoms with E-state index in [9.17, 15) is 9.59 Å². The van der Waals surface area contributed by atoms with E-state index in [0.29, 0.717) is 25.3 Å². The number of hydrogen-bond donors (Lipinski definition) is 1. The standard InChI is InChI=1S/C15H23NO3/c1-9(13-7-10-2-3-11(13)6-10)16-8-12(15(18)19)4-5-14(16)17/h9-13H,2-8H2,1H3,(H,18,19). The lowest BCUT2D eigenvalue weighted by Crippen LogP contribution is -2.50. The lowest BCUT2D eigenvalue weighted by Gasteiger charge is -2.40. The molecule has 106 valence electrons. The molecule has 1 amide bonds. The van der Waals surface area contributed by atoms with E-state index in [1.807, 2.05) is 4.90 Å². The van der Waals surface area contributed by atoms with Crippen LogP contribution in [-0.4, -0.2) is 34.5 Å². The van der Waals surface area contributed by atoms with Crippen molar-refractivity contribution in [3.63, 3.8) is 0 Å². The van der Waals surface area contributed by atoms with Crippen LogP contribution >= 0.6 is 0 Å². The van der Waals surface area contributed by atoms with Crippen LogP contribution in [0, 0.1) is 23.7 Å². The molecule has 0 radical (unpaired) electrons. The minimum Gasteiger partial charge on any atom is -0.481 e. The van der Waals surface area contributed by atoms with E-state index in [2.05, 4.69) is 6.92 Å². The van der Waals surface area contributed by atoms with E-state index in [4.69, 9.17) is 5.11 Å². The van der Waals surface area contributed by atoms with Crippen LogP contribution in [0.4, 0.5) is 0 Å². The lowest BCUT2D eigenvalue weighted by atomic mass is 9.82. The summed E-state index contributed by atoms with van der Waals surface area (Å²) in [6.07, 6.45) is 6.16. The molecule has 1 heterocycles. The van der Waals surface area contributed by atoms with Crippen LogP contribution in [0.25, 0.3) is 0 Å². The van der Waals surface area contributed by atoms with E-state index in [1.54, 1.807) is 0 Å². The normalized spacial score (nSPS) is 39.6. The molecule has 5 unspecified atom stereocenters. The number of piperidine rings is 1. The molecule has 4 nitrogen and oxygen atoms in total. The Hall–Kier alpha value is -1.06. The molecule has 0 aromatic rings. The van der Waals surface area contributed by atoms with Gasteiger partial charge in [-0.1, -0.05) is 6.42 Å². The van der Waals surface area contributed by atoms with Crippen LogP contribution in [0.5, 0.6) is 0 Å². The maximum Gasteiger partial charge on any atom is 0.308 e. The molecule has 0 aromatic heterocycles. The average molecular weight is 265 g/mol. The molecule has 19 heavy (non-hydrogen) atoms. The number of carboxylic acid groups (broad SMARTS) is 1. The van der Waals surface area contributed by atoms with Gasteiger partial charge in [-0.15, -0.1) is 0 Å². The number of carbonyl (C=O) groups excluding carboxylic acids is 1. The van der Waals surface area contributed by atoms with E-state index >= 15 is 0 Å². The van der Waals surface area contributed by atoms with Gasteiger partial charge in [0.1, 0.15) is 0 Å². The molecule has 3 aliphatic rings. The van der Waals surface area contributed by atoms with E-state index < -0.39 is 5.97 Å². The second-order valence-electron chi connectivity index (χ2n) is 6.70. The van der Waals surface area contributed by atoms with Crippen LogP contribution in [0.1, 0.15) is 45.4 Å². The van der Waals surface area contributed by atoms with Gasteiger partial charge in [-0.05, 0) is 50.4 Å². The Balaban J connectivity index is 1.69. The second kappa shape index (κ2) is 4.80. The van der Waals surface area contributed by atoms with Crippen LogP contribution in [-0.2, 0) is 9.59 Å². The fourth-order valence-electron chi connectivity index (χ4n) is 4.58. The summed E-state index contributed by atoms with van der Waals surface area (Å²) in [6.45, 7) is 2.55. The molecule has 1 saturated heterocycles. The van der Waals surface area contributed by atoms with Gasteiger partial charge in [0.15, 0.2) is 0 Å². The summed E-state index contributed by atoms with van der Waals surface area (Å²) in [6, 6.07) is 0.227. The maximum absolute atomic E-state index is 12.1. The summed E-state index contributed by atoms with van der Waals surface area (Å²) < 4.78 is 0. The van der Waals surface area contributed by atoms with Gasteiger partial charge in [-0.3, -0.25) is 9.59 Å². The van der Waals surface area contributed by atoms with Gasteiger partial charge < -0.3 is 10.0 Å². The number of likely N-dealkylation sites (tertiary alicyclic amines) is 1. The Labute approximate surface area is 114 Å². The summed E-state index contributed by atoms with van der Waals surface area (Å²) in [5.41, 5.74) is 0. The quantitative estimate of drug-likeness (QED) is 0.850. The van der Waals surface area contributed by atoms with Gasteiger partial charge in [-0.2, -0.15) is 0 Å².